The lowest BCUT2D eigenvalue weighted by atomic mass is 9.86. The van der Waals surface area contributed by atoms with Gasteiger partial charge in [-0.25, -0.2) is 4.79 Å². The molecule has 1 rings (SSSR count). The van der Waals surface area contributed by atoms with E-state index in [0.29, 0.717) is 0 Å². The zero-order valence-electron chi connectivity index (χ0n) is 11.2. The predicted octanol–water partition coefficient (Wildman–Crippen LogP) is 3.06. The molecule has 0 saturated heterocycles. The van der Waals surface area contributed by atoms with Crippen LogP contribution in [0.5, 0.6) is 0 Å². The fourth-order valence-electron chi connectivity index (χ4n) is 1.49. The third kappa shape index (κ3) is 3.46. The molecule has 3 nitrogen and oxygen atoms in total. The topological polar surface area (TPSA) is 50.1 Å². The molecule has 0 heterocycles. The summed E-state index contributed by atoms with van der Waals surface area (Å²) in [4.78, 5) is 11.3. The highest BCUT2D eigenvalue weighted by Gasteiger charge is 2.13. The molecule has 0 bridgehead atoms. The first kappa shape index (κ1) is 14.0. The highest BCUT2D eigenvalue weighted by Crippen LogP contribution is 2.22. The van der Waals surface area contributed by atoms with E-state index >= 15 is 0 Å². The van der Waals surface area contributed by atoms with Gasteiger partial charge in [-0.15, -0.1) is 0 Å². The zero-order valence-corrected chi connectivity index (χ0v) is 11.2. The van der Waals surface area contributed by atoms with Gasteiger partial charge >= 0.3 is 5.97 Å². The monoisotopic (exact) mass is 243 g/mol. The quantitative estimate of drug-likeness (QED) is 0.455. The van der Waals surface area contributed by atoms with Crippen LogP contribution in [0.4, 0.5) is 0 Å². The van der Waals surface area contributed by atoms with Crippen LogP contribution in [0.3, 0.4) is 0 Å². The number of benzene rings is 1. The Morgan fingerprint density at radius 2 is 1.83 bits per heavy atom. The first-order valence-electron chi connectivity index (χ1n) is 5.69. The largest absolute Gasteiger partial charge is 0.465 e. The summed E-state index contributed by atoms with van der Waals surface area (Å²) in [5, 5.41) is 8.85. The summed E-state index contributed by atoms with van der Waals surface area (Å²) >= 11 is 0. The number of carbonyl (C=O) groups is 1. The molecule has 0 radical (unpaired) electrons. The normalized spacial score (nSPS) is 11.8. The van der Waals surface area contributed by atoms with Crippen LogP contribution in [0.1, 0.15) is 31.9 Å². The van der Waals surface area contributed by atoms with E-state index in [1.165, 1.54) is 18.7 Å². The lowest BCUT2D eigenvalue weighted by Crippen LogP contribution is -2.10. The molecule has 1 aromatic rings. The van der Waals surface area contributed by atoms with Crippen molar-refractivity contribution >= 4 is 12.0 Å². The third-order valence-electron chi connectivity index (χ3n) is 2.61. The third-order valence-corrected chi connectivity index (χ3v) is 2.61. The molecule has 0 aliphatic carbocycles. The van der Waals surface area contributed by atoms with Gasteiger partial charge in [0, 0.05) is 0 Å². The number of esters is 1. The summed E-state index contributed by atoms with van der Waals surface area (Å²) in [5.41, 5.74) is 2.10. The van der Waals surface area contributed by atoms with Crippen molar-refractivity contribution in [2.24, 2.45) is 0 Å². The van der Waals surface area contributed by atoms with E-state index in [1.807, 2.05) is 30.3 Å². The molecule has 18 heavy (non-hydrogen) atoms. The van der Waals surface area contributed by atoms with Gasteiger partial charge in [0.05, 0.1) is 7.11 Å². The van der Waals surface area contributed by atoms with Gasteiger partial charge in [-0.1, -0.05) is 45.0 Å². The summed E-state index contributed by atoms with van der Waals surface area (Å²) in [6.45, 7) is 6.40. The van der Waals surface area contributed by atoms with Crippen LogP contribution in [0.2, 0.25) is 0 Å². The van der Waals surface area contributed by atoms with Gasteiger partial charge in [-0.05, 0) is 22.6 Å². The number of hydrogen-bond acceptors (Lipinski definition) is 3. The van der Waals surface area contributed by atoms with Gasteiger partial charge in [0.15, 0.2) is 0 Å². The van der Waals surface area contributed by atoms with Crippen LogP contribution in [0.15, 0.2) is 29.8 Å². The standard InChI is InChI=1S/C15H17NO2/c1-15(2,3)13-7-5-11(6-8-13)9-12(10-16)14(17)18-4/h5-9H,1-4H3/b12-9+. The molecule has 0 aliphatic rings. The summed E-state index contributed by atoms with van der Waals surface area (Å²) in [6.07, 6.45) is 1.53. The van der Waals surface area contributed by atoms with Crippen LogP contribution in [-0.4, -0.2) is 13.1 Å². The minimum atomic E-state index is -0.614. The van der Waals surface area contributed by atoms with Crippen molar-refractivity contribution in [2.45, 2.75) is 26.2 Å². The molecule has 0 spiro atoms. The molecule has 3 heteroatoms. The smallest absolute Gasteiger partial charge is 0.348 e. The van der Waals surface area contributed by atoms with Crippen molar-refractivity contribution in [1.29, 1.82) is 5.26 Å². The van der Waals surface area contributed by atoms with Crippen molar-refractivity contribution in [3.8, 4) is 6.07 Å². The maximum absolute atomic E-state index is 11.3. The second-order valence-corrected chi connectivity index (χ2v) is 5.03. The zero-order chi connectivity index (χ0) is 13.8. The summed E-state index contributed by atoms with van der Waals surface area (Å²) < 4.78 is 4.52. The second kappa shape index (κ2) is 5.50. The number of nitriles is 1. The van der Waals surface area contributed by atoms with Crippen LogP contribution < -0.4 is 0 Å². The van der Waals surface area contributed by atoms with Gasteiger partial charge in [-0.3, -0.25) is 0 Å². The van der Waals surface area contributed by atoms with E-state index in [1.54, 1.807) is 0 Å². The van der Waals surface area contributed by atoms with Gasteiger partial charge in [0.25, 0.3) is 0 Å². The van der Waals surface area contributed by atoms with E-state index in [4.69, 9.17) is 5.26 Å². The molecule has 0 unspecified atom stereocenters. The predicted molar refractivity (Wildman–Crippen MR) is 70.7 cm³/mol. The average Bonchev–Trinajstić information content (AvgIpc) is 2.34. The number of rotatable bonds is 2. The van der Waals surface area contributed by atoms with Crippen molar-refractivity contribution in [3.63, 3.8) is 0 Å². The van der Waals surface area contributed by atoms with Crippen molar-refractivity contribution in [2.75, 3.05) is 7.11 Å². The Labute approximate surface area is 108 Å². The fourth-order valence-corrected chi connectivity index (χ4v) is 1.49. The van der Waals surface area contributed by atoms with E-state index in [9.17, 15) is 4.79 Å². The second-order valence-electron chi connectivity index (χ2n) is 5.03. The number of methoxy groups -OCH3 is 1. The Bertz CT molecular complexity index is 499. The van der Waals surface area contributed by atoms with Crippen LogP contribution in [-0.2, 0) is 14.9 Å². The minimum Gasteiger partial charge on any atom is -0.465 e. The first-order valence-corrected chi connectivity index (χ1v) is 5.69. The number of nitrogens with zero attached hydrogens (tertiary/aromatic N) is 1. The Hall–Kier alpha value is -2.08. The number of ether oxygens (including phenoxy) is 1. The van der Waals surface area contributed by atoms with Crippen LogP contribution in [0, 0.1) is 11.3 Å². The van der Waals surface area contributed by atoms with Crippen LogP contribution in [0.25, 0.3) is 6.08 Å². The summed E-state index contributed by atoms with van der Waals surface area (Å²) in [7, 11) is 1.26. The molecular weight excluding hydrogens is 226 g/mol. The van der Waals surface area contributed by atoms with E-state index in [0.717, 1.165) is 5.56 Å². The van der Waals surface area contributed by atoms with E-state index in [2.05, 4.69) is 25.5 Å². The molecule has 94 valence electrons. The Morgan fingerprint density at radius 1 is 1.28 bits per heavy atom. The van der Waals surface area contributed by atoms with Crippen LogP contribution >= 0.6 is 0 Å². The van der Waals surface area contributed by atoms with Gasteiger partial charge in [0.2, 0.25) is 0 Å². The molecule has 0 fully saturated rings. The number of hydrogen-bond donors (Lipinski definition) is 0. The fraction of sp³-hybridized carbons (Fsp3) is 0.333. The van der Waals surface area contributed by atoms with Crippen molar-refractivity contribution in [3.05, 3.63) is 41.0 Å². The first-order chi connectivity index (χ1) is 8.38. The molecule has 0 N–H and O–H groups in total. The van der Waals surface area contributed by atoms with Crippen molar-refractivity contribution in [1.82, 2.24) is 0 Å². The summed E-state index contributed by atoms with van der Waals surface area (Å²) in [6, 6.07) is 9.61. The molecule has 1 aromatic carbocycles. The molecule has 0 aliphatic heterocycles. The van der Waals surface area contributed by atoms with E-state index in [-0.39, 0.29) is 11.0 Å². The molecule has 0 amide bonds. The Morgan fingerprint density at radius 3 is 2.22 bits per heavy atom. The van der Waals surface area contributed by atoms with Gasteiger partial charge in [0.1, 0.15) is 11.6 Å². The van der Waals surface area contributed by atoms with Crippen molar-refractivity contribution < 1.29 is 9.53 Å². The molecular formula is C15H17NO2. The highest BCUT2D eigenvalue weighted by molar-refractivity contribution is 5.97. The number of carbonyl (C=O) groups excluding carboxylic acids is 1. The minimum absolute atomic E-state index is 0.000934. The Kier molecular flexibility index (Phi) is 4.28. The maximum Gasteiger partial charge on any atom is 0.348 e. The van der Waals surface area contributed by atoms with Gasteiger partial charge < -0.3 is 4.74 Å². The lowest BCUT2D eigenvalue weighted by molar-refractivity contribution is -0.135. The lowest BCUT2D eigenvalue weighted by Gasteiger charge is -2.18. The van der Waals surface area contributed by atoms with Gasteiger partial charge in [-0.2, -0.15) is 5.26 Å². The highest BCUT2D eigenvalue weighted by atomic mass is 16.5. The molecule has 0 saturated carbocycles. The average molecular weight is 243 g/mol. The SMILES string of the molecule is COC(=O)/C(C#N)=C/c1ccc(C(C)(C)C)cc1. The van der Waals surface area contributed by atoms with E-state index < -0.39 is 5.97 Å². The molecule has 0 atom stereocenters. The Balaban J connectivity index is 3.03. The summed E-state index contributed by atoms with van der Waals surface area (Å²) in [5.74, 6) is -0.614. The maximum atomic E-state index is 11.3. The molecule has 0 aromatic heterocycles.